The lowest BCUT2D eigenvalue weighted by Gasteiger charge is -2.23. The van der Waals surface area contributed by atoms with Gasteiger partial charge in [-0.05, 0) is 6.92 Å². The number of aromatic nitrogens is 3. The third kappa shape index (κ3) is 5.03. The fourth-order valence-corrected chi connectivity index (χ4v) is 1.40. The summed E-state index contributed by atoms with van der Waals surface area (Å²) in [6.45, 7) is 0.300. The summed E-state index contributed by atoms with van der Waals surface area (Å²) in [4.78, 5) is 12.3. The van der Waals surface area contributed by atoms with Crippen LogP contribution in [0.25, 0.3) is 0 Å². The number of hydrogen-bond donors (Lipinski definition) is 2. The van der Waals surface area contributed by atoms with Crippen LogP contribution in [0.1, 0.15) is 6.92 Å². The molecule has 1 aromatic rings. The van der Waals surface area contributed by atoms with Gasteiger partial charge in [0.15, 0.2) is 0 Å². The van der Waals surface area contributed by atoms with Gasteiger partial charge in [-0.25, -0.2) is 0 Å². The van der Waals surface area contributed by atoms with Crippen molar-refractivity contribution >= 4 is 11.9 Å². The number of methoxy groups -OCH3 is 1. The van der Waals surface area contributed by atoms with E-state index in [1.807, 2.05) is 0 Å². The van der Waals surface area contributed by atoms with Gasteiger partial charge in [0, 0.05) is 13.1 Å². The molecule has 0 aliphatic carbocycles. The number of anilines is 2. The molecule has 0 radical (unpaired) electrons. The molecule has 0 saturated carbocycles. The third-order valence-corrected chi connectivity index (χ3v) is 2.14. The Kier molecular flexibility index (Phi) is 5.74. The minimum absolute atomic E-state index is 0.101. The third-order valence-electron chi connectivity index (χ3n) is 2.14. The first-order valence-corrected chi connectivity index (χ1v) is 5.86. The summed E-state index contributed by atoms with van der Waals surface area (Å²) in [5.41, 5.74) is 0. The van der Waals surface area contributed by atoms with E-state index in [2.05, 4.69) is 20.3 Å². The number of hydrogen-bond acceptors (Lipinski definition) is 7. The standard InChI is InChI=1S/C10H16F3N5O2/c1-3-14-7-15-8(17-9(16-7)20-2)18(4-5-19)6-10(11,12)13/h19H,3-6H2,1-2H3,(H,14,15,16,17). The normalized spacial score (nSPS) is 11.3. The van der Waals surface area contributed by atoms with Crippen LogP contribution in [-0.4, -0.2) is 59.6 Å². The number of halogens is 3. The Morgan fingerprint density at radius 1 is 1.30 bits per heavy atom. The van der Waals surface area contributed by atoms with Crippen molar-refractivity contribution in [3.63, 3.8) is 0 Å². The zero-order valence-electron chi connectivity index (χ0n) is 11.1. The molecule has 0 fully saturated rings. The van der Waals surface area contributed by atoms with E-state index in [1.165, 1.54) is 7.11 Å². The van der Waals surface area contributed by atoms with Crippen molar-refractivity contribution in [2.75, 3.05) is 43.6 Å². The van der Waals surface area contributed by atoms with Crippen molar-refractivity contribution in [2.24, 2.45) is 0 Å². The van der Waals surface area contributed by atoms with Gasteiger partial charge in [-0.3, -0.25) is 0 Å². The molecule has 0 bridgehead atoms. The van der Waals surface area contributed by atoms with Crippen LogP contribution in [0, 0.1) is 0 Å². The molecule has 0 amide bonds. The Morgan fingerprint density at radius 3 is 2.50 bits per heavy atom. The van der Waals surface area contributed by atoms with Crippen LogP contribution >= 0.6 is 0 Å². The van der Waals surface area contributed by atoms with E-state index in [1.54, 1.807) is 6.92 Å². The molecule has 2 N–H and O–H groups in total. The predicted octanol–water partition coefficient (Wildman–Crippen LogP) is 0.673. The summed E-state index contributed by atoms with van der Waals surface area (Å²) in [5.74, 6) is -0.0985. The highest BCUT2D eigenvalue weighted by molar-refractivity contribution is 5.38. The quantitative estimate of drug-likeness (QED) is 0.765. The molecular weight excluding hydrogens is 279 g/mol. The van der Waals surface area contributed by atoms with Gasteiger partial charge in [-0.1, -0.05) is 0 Å². The van der Waals surface area contributed by atoms with E-state index >= 15 is 0 Å². The molecule has 0 saturated heterocycles. The Hall–Kier alpha value is -1.84. The summed E-state index contributed by atoms with van der Waals surface area (Å²) in [7, 11) is 1.30. The topological polar surface area (TPSA) is 83.4 Å². The van der Waals surface area contributed by atoms with Crippen LogP contribution in [0.15, 0.2) is 0 Å². The number of aliphatic hydroxyl groups is 1. The van der Waals surface area contributed by atoms with Crippen molar-refractivity contribution < 1.29 is 23.0 Å². The zero-order chi connectivity index (χ0) is 15.2. The number of nitrogens with zero attached hydrogens (tertiary/aromatic N) is 4. The fraction of sp³-hybridized carbons (Fsp3) is 0.700. The maximum Gasteiger partial charge on any atom is 0.406 e. The van der Waals surface area contributed by atoms with Crippen molar-refractivity contribution in [3.05, 3.63) is 0 Å². The van der Waals surface area contributed by atoms with E-state index in [0.29, 0.717) is 6.54 Å². The molecule has 0 atom stereocenters. The average molecular weight is 295 g/mol. The first-order valence-electron chi connectivity index (χ1n) is 5.86. The molecule has 0 aliphatic heterocycles. The molecule has 0 spiro atoms. The van der Waals surface area contributed by atoms with Crippen molar-refractivity contribution in [1.82, 2.24) is 15.0 Å². The van der Waals surface area contributed by atoms with Crippen LogP contribution in [0.2, 0.25) is 0 Å². The van der Waals surface area contributed by atoms with E-state index < -0.39 is 19.3 Å². The highest BCUT2D eigenvalue weighted by atomic mass is 19.4. The molecule has 0 aromatic carbocycles. The summed E-state index contributed by atoms with van der Waals surface area (Å²) in [6, 6.07) is -0.101. The smallest absolute Gasteiger partial charge is 0.406 e. The van der Waals surface area contributed by atoms with Gasteiger partial charge in [0.2, 0.25) is 11.9 Å². The number of nitrogens with one attached hydrogen (secondary N) is 1. The molecule has 10 heteroatoms. The zero-order valence-corrected chi connectivity index (χ0v) is 11.1. The number of rotatable bonds is 7. The average Bonchev–Trinajstić information content (AvgIpc) is 2.36. The van der Waals surface area contributed by atoms with Crippen molar-refractivity contribution in [1.29, 1.82) is 0 Å². The lowest BCUT2D eigenvalue weighted by atomic mass is 10.5. The van der Waals surface area contributed by atoms with E-state index in [9.17, 15) is 13.2 Å². The molecular formula is C10H16F3N5O2. The fourth-order valence-electron chi connectivity index (χ4n) is 1.40. The van der Waals surface area contributed by atoms with Crippen molar-refractivity contribution in [2.45, 2.75) is 13.1 Å². The van der Waals surface area contributed by atoms with Crippen LogP contribution in [0.4, 0.5) is 25.1 Å². The molecule has 7 nitrogen and oxygen atoms in total. The first-order chi connectivity index (χ1) is 9.39. The Balaban J connectivity index is 3.07. The van der Waals surface area contributed by atoms with Gasteiger partial charge in [-0.15, -0.1) is 0 Å². The van der Waals surface area contributed by atoms with Gasteiger partial charge in [-0.2, -0.15) is 28.1 Å². The predicted molar refractivity (Wildman–Crippen MR) is 65.9 cm³/mol. The number of alkyl halides is 3. The van der Waals surface area contributed by atoms with Gasteiger partial charge in [0.05, 0.1) is 13.7 Å². The molecule has 1 heterocycles. The second-order valence-electron chi connectivity index (χ2n) is 3.74. The lowest BCUT2D eigenvalue weighted by Crippen LogP contribution is -2.37. The minimum atomic E-state index is -4.44. The summed E-state index contributed by atoms with van der Waals surface area (Å²) in [6.07, 6.45) is -4.44. The van der Waals surface area contributed by atoms with Crippen LogP contribution in [0.3, 0.4) is 0 Å². The van der Waals surface area contributed by atoms with Gasteiger partial charge < -0.3 is 20.1 Å². The van der Waals surface area contributed by atoms with Gasteiger partial charge >= 0.3 is 12.2 Å². The molecule has 1 rings (SSSR count). The SMILES string of the molecule is CCNc1nc(OC)nc(N(CCO)CC(F)(F)F)n1. The summed E-state index contributed by atoms with van der Waals surface area (Å²) >= 11 is 0. The van der Waals surface area contributed by atoms with E-state index in [0.717, 1.165) is 4.90 Å². The van der Waals surface area contributed by atoms with Gasteiger partial charge in [0.25, 0.3) is 0 Å². The molecule has 114 valence electrons. The largest absolute Gasteiger partial charge is 0.467 e. The van der Waals surface area contributed by atoms with E-state index in [4.69, 9.17) is 9.84 Å². The molecule has 0 aliphatic rings. The number of aliphatic hydroxyl groups excluding tert-OH is 1. The maximum atomic E-state index is 12.5. The monoisotopic (exact) mass is 295 g/mol. The molecule has 0 unspecified atom stereocenters. The summed E-state index contributed by atoms with van der Waals surface area (Å²) < 4.78 is 42.3. The van der Waals surface area contributed by atoms with Gasteiger partial charge in [0.1, 0.15) is 6.54 Å². The van der Waals surface area contributed by atoms with Crippen LogP contribution in [0.5, 0.6) is 6.01 Å². The van der Waals surface area contributed by atoms with Crippen LogP contribution < -0.4 is 15.0 Å². The summed E-state index contributed by atoms with van der Waals surface area (Å²) in [5, 5.41) is 11.6. The molecule has 20 heavy (non-hydrogen) atoms. The second-order valence-corrected chi connectivity index (χ2v) is 3.74. The molecule has 1 aromatic heterocycles. The maximum absolute atomic E-state index is 12.5. The highest BCUT2D eigenvalue weighted by Gasteiger charge is 2.32. The second kappa shape index (κ2) is 7.08. The van der Waals surface area contributed by atoms with Crippen molar-refractivity contribution in [3.8, 4) is 6.01 Å². The van der Waals surface area contributed by atoms with E-state index in [-0.39, 0.29) is 24.5 Å². The van der Waals surface area contributed by atoms with Crippen LogP contribution in [-0.2, 0) is 0 Å². The Morgan fingerprint density at radius 2 is 2.00 bits per heavy atom. The minimum Gasteiger partial charge on any atom is -0.467 e. The Bertz CT molecular complexity index is 430. The lowest BCUT2D eigenvalue weighted by molar-refractivity contribution is -0.120. The first kappa shape index (κ1) is 16.2. The number of ether oxygens (including phenoxy) is 1. The highest BCUT2D eigenvalue weighted by Crippen LogP contribution is 2.21. The Labute approximate surface area is 113 Å².